The van der Waals surface area contributed by atoms with Gasteiger partial charge in [0, 0.05) is 31.0 Å². The molecular weight excluding hydrogens is 438 g/mol. The molecule has 31 heavy (non-hydrogen) atoms. The third-order valence-electron chi connectivity index (χ3n) is 5.74. The lowest BCUT2D eigenvalue weighted by atomic mass is 9.83. The highest BCUT2D eigenvalue weighted by Crippen LogP contribution is 2.36. The van der Waals surface area contributed by atoms with Crippen LogP contribution in [0.4, 0.5) is 11.4 Å². The van der Waals surface area contributed by atoms with Gasteiger partial charge in [0.25, 0.3) is 5.91 Å². The Kier molecular flexibility index (Phi) is 7.80. The average molecular weight is 466 g/mol. The zero-order chi connectivity index (χ0) is 22.4. The molecule has 1 amide bonds. The summed E-state index contributed by atoms with van der Waals surface area (Å²) >= 11 is 7.02. The first-order valence-corrected chi connectivity index (χ1v) is 11.6. The van der Waals surface area contributed by atoms with Gasteiger partial charge in [-0.05, 0) is 62.1 Å². The van der Waals surface area contributed by atoms with Gasteiger partial charge < -0.3 is 25.7 Å². The second kappa shape index (κ2) is 10.3. The summed E-state index contributed by atoms with van der Waals surface area (Å²) in [4.78, 5) is 26.5. The smallest absolute Gasteiger partial charge is 0.329 e. The molecule has 7 nitrogen and oxygen atoms in total. The molecule has 2 atom stereocenters. The van der Waals surface area contributed by atoms with Crippen molar-refractivity contribution >= 4 is 46.2 Å². The predicted molar refractivity (Wildman–Crippen MR) is 124 cm³/mol. The number of aliphatic carboxylic acids is 1. The molecular formula is C22H28ClN3O4S. The monoisotopic (exact) mass is 465 g/mol. The van der Waals surface area contributed by atoms with Gasteiger partial charge in [0.1, 0.15) is 5.54 Å². The molecule has 0 spiro atoms. The molecule has 0 saturated carbocycles. The van der Waals surface area contributed by atoms with Crippen molar-refractivity contribution in [1.82, 2.24) is 5.32 Å². The van der Waals surface area contributed by atoms with Gasteiger partial charge in [-0.2, -0.15) is 0 Å². The van der Waals surface area contributed by atoms with E-state index in [1.165, 1.54) is 11.3 Å². The highest BCUT2D eigenvalue weighted by molar-refractivity contribution is 7.17. The number of nitrogens with zero attached hydrogens (tertiary/aromatic N) is 1. The van der Waals surface area contributed by atoms with Crippen LogP contribution in [0.2, 0.25) is 4.34 Å². The van der Waals surface area contributed by atoms with Crippen LogP contribution in [-0.2, 0) is 4.79 Å². The van der Waals surface area contributed by atoms with Gasteiger partial charge >= 0.3 is 5.97 Å². The van der Waals surface area contributed by atoms with Gasteiger partial charge in [-0.1, -0.05) is 18.5 Å². The van der Waals surface area contributed by atoms with Crippen LogP contribution in [-0.4, -0.2) is 53.4 Å². The minimum absolute atomic E-state index is 0.116. The summed E-state index contributed by atoms with van der Waals surface area (Å²) in [5.41, 5.74) is 0.847. The Morgan fingerprint density at radius 2 is 1.94 bits per heavy atom. The van der Waals surface area contributed by atoms with Crippen molar-refractivity contribution in [3.8, 4) is 0 Å². The maximum atomic E-state index is 12.0. The molecule has 2 unspecified atom stereocenters. The SMILES string of the molecule is CCC1(C(=O)O)CCCCN1c1ccc(NCC(O)CNC(=O)c2ccc(Cl)s2)cc1. The number of carboxylic acid groups (broad SMARTS) is 1. The maximum Gasteiger partial charge on any atom is 0.329 e. The number of nitrogens with one attached hydrogen (secondary N) is 2. The number of aliphatic hydroxyl groups is 1. The molecule has 1 aliphatic rings. The zero-order valence-electron chi connectivity index (χ0n) is 17.4. The van der Waals surface area contributed by atoms with Crippen LogP contribution in [0, 0.1) is 0 Å². The molecule has 1 fully saturated rings. The first-order chi connectivity index (χ1) is 14.9. The van der Waals surface area contributed by atoms with Gasteiger partial charge in [-0.3, -0.25) is 4.79 Å². The fourth-order valence-corrected chi connectivity index (χ4v) is 4.91. The Morgan fingerprint density at radius 3 is 2.55 bits per heavy atom. The molecule has 9 heteroatoms. The number of halogens is 1. The molecule has 1 saturated heterocycles. The molecule has 1 aliphatic heterocycles. The van der Waals surface area contributed by atoms with Crippen molar-refractivity contribution in [3.05, 3.63) is 45.6 Å². The summed E-state index contributed by atoms with van der Waals surface area (Å²) in [6, 6.07) is 10.9. The van der Waals surface area contributed by atoms with Crippen LogP contribution in [0.1, 0.15) is 42.3 Å². The highest BCUT2D eigenvalue weighted by atomic mass is 35.5. The Labute approximate surface area is 191 Å². The number of piperidine rings is 1. The van der Waals surface area contributed by atoms with E-state index in [0.29, 0.717) is 22.1 Å². The third kappa shape index (κ3) is 5.50. The van der Waals surface area contributed by atoms with Crippen LogP contribution in [0.5, 0.6) is 0 Å². The van der Waals surface area contributed by atoms with E-state index in [1.54, 1.807) is 12.1 Å². The van der Waals surface area contributed by atoms with Crippen LogP contribution < -0.4 is 15.5 Å². The third-order valence-corrected chi connectivity index (χ3v) is 6.97. The summed E-state index contributed by atoms with van der Waals surface area (Å²) in [5.74, 6) is -1.04. The summed E-state index contributed by atoms with van der Waals surface area (Å²) in [6.07, 6.45) is 2.34. The second-order valence-corrected chi connectivity index (χ2v) is 9.41. The van der Waals surface area contributed by atoms with Gasteiger partial charge in [-0.15, -0.1) is 11.3 Å². The molecule has 3 rings (SSSR count). The summed E-state index contributed by atoms with van der Waals surface area (Å²) in [7, 11) is 0. The van der Waals surface area contributed by atoms with Crippen molar-refractivity contribution in [1.29, 1.82) is 0 Å². The van der Waals surface area contributed by atoms with Gasteiger partial charge in [0.15, 0.2) is 0 Å². The van der Waals surface area contributed by atoms with E-state index < -0.39 is 17.6 Å². The molecule has 1 aromatic carbocycles. The Balaban J connectivity index is 1.53. The number of hydrogen-bond donors (Lipinski definition) is 4. The number of anilines is 2. The minimum Gasteiger partial charge on any atom is -0.479 e. The minimum atomic E-state index is -0.853. The molecule has 0 aliphatic carbocycles. The molecule has 1 aromatic heterocycles. The number of aliphatic hydroxyl groups excluding tert-OH is 1. The van der Waals surface area contributed by atoms with E-state index in [1.807, 2.05) is 36.1 Å². The first kappa shape index (κ1) is 23.4. The largest absolute Gasteiger partial charge is 0.479 e. The lowest BCUT2D eigenvalue weighted by molar-refractivity contribution is -0.144. The lowest BCUT2D eigenvalue weighted by Gasteiger charge is -2.45. The summed E-state index contributed by atoms with van der Waals surface area (Å²) in [5, 5.41) is 25.9. The summed E-state index contributed by atoms with van der Waals surface area (Å²) in [6.45, 7) is 3.03. The molecule has 2 heterocycles. The van der Waals surface area contributed by atoms with Crippen molar-refractivity contribution in [2.45, 2.75) is 44.2 Å². The van der Waals surface area contributed by atoms with E-state index in [9.17, 15) is 19.8 Å². The predicted octanol–water partition coefficient (Wildman–Crippen LogP) is 3.83. The van der Waals surface area contributed by atoms with Crippen molar-refractivity contribution in [2.75, 3.05) is 29.9 Å². The number of carbonyl (C=O) groups is 2. The van der Waals surface area contributed by atoms with Crippen LogP contribution >= 0.6 is 22.9 Å². The van der Waals surface area contributed by atoms with E-state index in [-0.39, 0.29) is 19.0 Å². The average Bonchev–Trinajstić information content (AvgIpc) is 3.22. The molecule has 0 radical (unpaired) electrons. The van der Waals surface area contributed by atoms with Gasteiger partial charge in [0.05, 0.1) is 15.3 Å². The normalized spacial score (nSPS) is 19.6. The van der Waals surface area contributed by atoms with E-state index in [4.69, 9.17) is 11.6 Å². The summed E-state index contributed by atoms with van der Waals surface area (Å²) < 4.78 is 0.542. The number of benzene rings is 1. The molecule has 168 valence electrons. The second-order valence-electron chi connectivity index (χ2n) is 7.69. The fraction of sp³-hybridized carbons (Fsp3) is 0.455. The lowest BCUT2D eigenvalue weighted by Crippen LogP contribution is -2.57. The Hall–Kier alpha value is -2.29. The molecule has 0 bridgehead atoms. The standard InChI is InChI=1S/C22H28ClN3O4S/c1-2-22(21(29)30)11-3-4-12-26(22)16-7-5-15(6-8-16)24-13-17(27)14-25-20(28)18-9-10-19(23)31-18/h5-10,17,24,27H,2-4,11-14H2,1H3,(H,25,28)(H,29,30). The van der Waals surface area contributed by atoms with Crippen molar-refractivity contribution in [2.24, 2.45) is 0 Å². The topological polar surface area (TPSA) is 102 Å². The Morgan fingerprint density at radius 1 is 1.19 bits per heavy atom. The number of thiophene rings is 1. The zero-order valence-corrected chi connectivity index (χ0v) is 19.0. The van der Waals surface area contributed by atoms with Crippen LogP contribution in [0.3, 0.4) is 0 Å². The number of rotatable bonds is 9. The maximum absolute atomic E-state index is 12.0. The number of carbonyl (C=O) groups excluding carboxylic acids is 1. The van der Waals surface area contributed by atoms with Gasteiger partial charge in [0.2, 0.25) is 0 Å². The van der Waals surface area contributed by atoms with E-state index in [2.05, 4.69) is 10.6 Å². The van der Waals surface area contributed by atoms with Gasteiger partial charge in [-0.25, -0.2) is 4.79 Å². The van der Waals surface area contributed by atoms with E-state index >= 15 is 0 Å². The van der Waals surface area contributed by atoms with Crippen molar-refractivity contribution < 1.29 is 19.8 Å². The highest BCUT2D eigenvalue weighted by Gasteiger charge is 2.44. The van der Waals surface area contributed by atoms with Crippen LogP contribution in [0.15, 0.2) is 36.4 Å². The number of hydrogen-bond acceptors (Lipinski definition) is 6. The van der Waals surface area contributed by atoms with Crippen LogP contribution in [0.25, 0.3) is 0 Å². The first-order valence-electron chi connectivity index (χ1n) is 10.4. The van der Waals surface area contributed by atoms with E-state index in [0.717, 1.165) is 30.8 Å². The molecule has 4 N–H and O–H groups in total. The molecule has 2 aromatic rings. The number of carboxylic acids is 1. The fourth-order valence-electron chi connectivity index (χ4n) is 3.95. The Bertz CT molecular complexity index is 904. The van der Waals surface area contributed by atoms with Crippen molar-refractivity contribution in [3.63, 3.8) is 0 Å². The number of amides is 1. The quantitative estimate of drug-likeness (QED) is 0.449.